The first-order chi connectivity index (χ1) is 8.70. The zero-order valence-electron chi connectivity index (χ0n) is 10.6. The van der Waals surface area contributed by atoms with Crippen LogP contribution in [0, 0.1) is 0 Å². The lowest BCUT2D eigenvalue weighted by Gasteiger charge is -2.30. The van der Waals surface area contributed by atoms with Gasteiger partial charge in [0.15, 0.2) is 0 Å². The molecule has 8 heteroatoms. The summed E-state index contributed by atoms with van der Waals surface area (Å²) in [5.74, 6) is -1.83. The largest absolute Gasteiger partial charge is 0.480 e. The van der Waals surface area contributed by atoms with Crippen molar-refractivity contribution in [1.82, 2.24) is 9.80 Å². The number of aliphatic carboxylic acids is 1. The van der Waals surface area contributed by atoms with Crippen LogP contribution in [-0.2, 0) is 9.59 Å². The molecule has 5 nitrogen and oxygen atoms in total. The Morgan fingerprint density at radius 3 is 2.26 bits per heavy atom. The minimum atomic E-state index is -4.53. The van der Waals surface area contributed by atoms with Gasteiger partial charge in [-0.05, 0) is 19.8 Å². The van der Waals surface area contributed by atoms with E-state index in [9.17, 15) is 22.8 Å². The van der Waals surface area contributed by atoms with Gasteiger partial charge in [0.2, 0.25) is 5.91 Å². The second-order valence-corrected chi connectivity index (χ2v) is 4.62. The molecular formula is C11H17F3N2O3. The van der Waals surface area contributed by atoms with E-state index in [0.717, 1.165) is 12.8 Å². The number of carbonyl (C=O) groups excluding carboxylic acids is 1. The van der Waals surface area contributed by atoms with Crippen molar-refractivity contribution in [2.45, 2.75) is 32.0 Å². The smallest absolute Gasteiger partial charge is 0.401 e. The van der Waals surface area contributed by atoms with E-state index in [-0.39, 0.29) is 0 Å². The van der Waals surface area contributed by atoms with Crippen LogP contribution in [0.1, 0.15) is 19.8 Å². The van der Waals surface area contributed by atoms with E-state index in [4.69, 9.17) is 5.11 Å². The zero-order valence-corrected chi connectivity index (χ0v) is 10.6. The number of likely N-dealkylation sites (tertiary alicyclic amines) is 1. The molecule has 1 amide bonds. The number of halogens is 3. The lowest BCUT2D eigenvalue weighted by atomic mass is 10.2. The average molecular weight is 282 g/mol. The number of amides is 1. The minimum absolute atomic E-state index is 0.442. The van der Waals surface area contributed by atoms with Gasteiger partial charge in [0.05, 0.1) is 19.1 Å². The van der Waals surface area contributed by atoms with Crippen molar-refractivity contribution < 1.29 is 27.9 Å². The number of carboxylic acids is 1. The van der Waals surface area contributed by atoms with Crippen LogP contribution < -0.4 is 0 Å². The maximum Gasteiger partial charge on any atom is 0.401 e. The second-order valence-electron chi connectivity index (χ2n) is 4.62. The van der Waals surface area contributed by atoms with Crippen LogP contribution in [0.2, 0.25) is 0 Å². The Balaban J connectivity index is 2.71. The molecule has 1 atom stereocenters. The van der Waals surface area contributed by atoms with Crippen molar-refractivity contribution in [2.75, 3.05) is 26.2 Å². The van der Waals surface area contributed by atoms with Crippen LogP contribution in [0.3, 0.4) is 0 Å². The molecule has 1 unspecified atom stereocenters. The molecule has 0 saturated carbocycles. The number of carbonyl (C=O) groups is 2. The Morgan fingerprint density at radius 1 is 1.32 bits per heavy atom. The molecule has 1 saturated heterocycles. The molecule has 0 spiro atoms. The van der Waals surface area contributed by atoms with E-state index in [1.807, 2.05) is 0 Å². The second kappa shape index (κ2) is 6.23. The molecule has 19 heavy (non-hydrogen) atoms. The molecule has 0 radical (unpaired) electrons. The highest BCUT2D eigenvalue weighted by atomic mass is 19.4. The number of hydrogen-bond acceptors (Lipinski definition) is 3. The predicted molar refractivity (Wildman–Crippen MR) is 60.5 cm³/mol. The van der Waals surface area contributed by atoms with Gasteiger partial charge in [0.1, 0.15) is 0 Å². The number of rotatable bonds is 5. The Morgan fingerprint density at radius 2 is 1.84 bits per heavy atom. The van der Waals surface area contributed by atoms with Gasteiger partial charge in [-0.15, -0.1) is 0 Å². The van der Waals surface area contributed by atoms with Crippen molar-refractivity contribution in [2.24, 2.45) is 0 Å². The summed E-state index contributed by atoms with van der Waals surface area (Å²) in [6.45, 7) is 0.155. The standard InChI is InChI=1S/C11H17F3N2O3/c1-8(10(19)15-4-2-3-5-15)16(6-9(17)18)7-11(12,13)14/h8H,2-7H2,1H3,(H,17,18). The molecule has 0 bridgehead atoms. The molecule has 1 aliphatic rings. The van der Waals surface area contributed by atoms with Crippen molar-refractivity contribution in [1.29, 1.82) is 0 Å². The van der Waals surface area contributed by atoms with Crippen molar-refractivity contribution >= 4 is 11.9 Å². The third kappa shape index (κ3) is 5.06. The quantitative estimate of drug-likeness (QED) is 0.815. The van der Waals surface area contributed by atoms with Crippen LogP contribution in [0.5, 0.6) is 0 Å². The van der Waals surface area contributed by atoms with Gasteiger partial charge in [-0.2, -0.15) is 13.2 Å². The average Bonchev–Trinajstić information content (AvgIpc) is 2.76. The van der Waals surface area contributed by atoms with E-state index >= 15 is 0 Å². The molecular weight excluding hydrogens is 265 g/mol. The summed E-state index contributed by atoms with van der Waals surface area (Å²) in [4.78, 5) is 24.7. The first kappa shape index (κ1) is 15.7. The van der Waals surface area contributed by atoms with Gasteiger partial charge >= 0.3 is 12.1 Å². The van der Waals surface area contributed by atoms with Crippen LogP contribution in [0.15, 0.2) is 0 Å². The Hall–Kier alpha value is -1.31. The summed E-state index contributed by atoms with van der Waals surface area (Å²) < 4.78 is 37.2. The fourth-order valence-electron chi connectivity index (χ4n) is 2.09. The summed E-state index contributed by atoms with van der Waals surface area (Å²) in [5.41, 5.74) is 0. The van der Waals surface area contributed by atoms with E-state index in [1.54, 1.807) is 0 Å². The van der Waals surface area contributed by atoms with Crippen molar-refractivity contribution in [3.8, 4) is 0 Å². The van der Waals surface area contributed by atoms with Crippen LogP contribution in [-0.4, -0.2) is 65.2 Å². The minimum Gasteiger partial charge on any atom is -0.480 e. The predicted octanol–water partition coefficient (Wildman–Crippen LogP) is 0.946. The summed E-state index contributed by atoms with van der Waals surface area (Å²) in [6.07, 6.45) is -2.87. The van der Waals surface area contributed by atoms with Crippen molar-refractivity contribution in [3.05, 3.63) is 0 Å². The summed E-state index contributed by atoms with van der Waals surface area (Å²) in [7, 11) is 0. The molecule has 1 heterocycles. The third-order valence-corrected chi connectivity index (χ3v) is 3.04. The van der Waals surface area contributed by atoms with Gasteiger partial charge in [-0.3, -0.25) is 14.5 Å². The summed E-state index contributed by atoms with van der Waals surface area (Å²) >= 11 is 0. The lowest BCUT2D eigenvalue weighted by molar-refractivity contribution is -0.162. The Bertz CT molecular complexity index is 341. The van der Waals surface area contributed by atoms with Gasteiger partial charge in [-0.1, -0.05) is 0 Å². The number of carboxylic acid groups (broad SMARTS) is 1. The molecule has 0 aromatic heterocycles. The maximum atomic E-state index is 12.4. The fraction of sp³-hybridized carbons (Fsp3) is 0.818. The van der Waals surface area contributed by atoms with Crippen LogP contribution >= 0.6 is 0 Å². The van der Waals surface area contributed by atoms with Gasteiger partial charge in [0, 0.05) is 13.1 Å². The number of nitrogens with zero attached hydrogens (tertiary/aromatic N) is 2. The SMILES string of the molecule is CC(C(=O)N1CCCC1)N(CC(=O)O)CC(F)(F)F. The normalized spacial score (nSPS) is 17.8. The Kier molecular flexibility index (Phi) is 5.16. The molecule has 0 aliphatic carbocycles. The summed E-state index contributed by atoms with van der Waals surface area (Å²) in [5, 5.41) is 8.64. The number of alkyl halides is 3. The first-order valence-electron chi connectivity index (χ1n) is 6.02. The maximum absolute atomic E-state index is 12.4. The molecule has 0 aromatic carbocycles. The molecule has 1 fully saturated rings. The highest BCUT2D eigenvalue weighted by molar-refractivity contribution is 5.82. The monoisotopic (exact) mass is 282 g/mol. The fourth-order valence-corrected chi connectivity index (χ4v) is 2.09. The molecule has 0 aromatic rings. The van der Waals surface area contributed by atoms with E-state index in [1.165, 1.54) is 11.8 Å². The number of hydrogen-bond donors (Lipinski definition) is 1. The highest BCUT2D eigenvalue weighted by Crippen LogP contribution is 2.19. The molecule has 1 aliphatic heterocycles. The topological polar surface area (TPSA) is 60.9 Å². The molecule has 1 N–H and O–H groups in total. The van der Waals surface area contributed by atoms with Gasteiger partial charge in [-0.25, -0.2) is 0 Å². The van der Waals surface area contributed by atoms with Gasteiger partial charge < -0.3 is 10.0 Å². The molecule has 110 valence electrons. The highest BCUT2D eigenvalue weighted by Gasteiger charge is 2.37. The van der Waals surface area contributed by atoms with Crippen molar-refractivity contribution in [3.63, 3.8) is 0 Å². The first-order valence-corrected chi connectivity index (χ1v) is 6.02. The Labute approximate surface area is 109 Å². The zero-order chi connectivity index (χ0) is 14.6. The summed E-state index contributed by atoms with van der Waals surface area (Å²) in [6, 6.07) is -1.09. The third-order valence-electron chi connectivity index (χ3n) is 3.04. The van der Waals surface area contributed by atoms with E-state index < -0.39 is 37.2 Å². The van der Waals surface area contributed by atoms with Crippen LogP contribution in [0.25, 0.3) is 0 Å². The van der Waals surface area contributed by atoms with E-state index in [0.29, 0.717) is 18.0 Å². The lowest BCUT2D eigenvalue weighted by Crippen LogP contribution is -2.50. The van der Waals surface area contributed by atoms with Gasteiger partial charge in [0.25, 0.3) is 0 Å². The van der Waals surface area contributed by atoms with Crippen LogP contribution in [0.4, 0.5) is 13.2 Å². The molecule has 1 rings (SSSR count). The van der Waals surface area contributed by atoms with E-state index in [2.05, 4.69) is 0 Å².